The van der Waals surface area contributed by atoms with Crippen molar-refractivity contribution in [1.82, 2.24) is 0 Å². The zero-order valence-corrected chi connectivity index (χ0v) is 34.9. The molecule has 2 aliphatic rings. The number of hydrogen-bond donors (Lipinski definition) is 0. The molecule has 0 N–H and O–H groups in total. The van der Waals surface area contributed by atoms with Crippen molar-refractivity contribution in [3.63, 3.8) is 0 Å². The molecule has 0 saturated carbocycles. The third kappa shape index (κ3) is 7.00. The summed E-state index contributed by atoms with van der Waals surface area (Å²) in [6, 6.07) is 48.8. The lowest BCUT2D eigenvalue weighted by Crippen LogP contribution is -2.22. The molecule has 0 spiro atoms. The smallest absolute Gasteiger partial charge is 0.0992 e. The first kappa shape index (κ1) is 37.9. The van der Waals surface area contributed by atoms with Crippen molar-refractivity contribution in [2.75, 3.05) is 22.9 Å². The summed E-state index contributed by atoms with van der Waals surface area (Å²) in [6.45, 7) is 6.42. The van der Waals surface area contributed by atoms with Gasteiger partial charge in [0.2, 0.25) is 0 Å². The Labute approximate surface area is 351 Å². The summed E-state index contributed by atoms with van der Waals surface area (Å²) < 4.78 is 0. The minimum Gasteiger partial charge on any atom is -0.340 e. The van der Waals surface area contributed by atoms with Crippen LogP contribution >= 0.6 is 23.5 Å². The predicted molar refractivity (Wildman–Crippen MR) is 245 cm³/mol. The van der Waals surface area contributed by atoms with Gasteiger partial charge in [-0.05, 0) is 117 Å². The van der Waals surface area contributed by atoms with Gasteiger partial charge in [-0.3, -0.25) is 0 Å². The van der Waals surface area contributed by atoms with Crippen molar-refractivity contribution in [2.45, 2.75) is 84.8 Å². The number of nitriles is 2. The first-order valence-corrected chi connectivity index (χ1v) is 22.4. The minimum atomic E-state index is 0.695. The molecule has 286 valence electrons. The standard InChI is InChI=1S/C52H46N4S2/c1-3-5-7-13-27-55-43-23-19-35(33-53)29-47(43)57-49-31-37(21-25-45(49)55)51-39-15-9-11-17-41(39)52(42-18-12-10-16-40(42)51)38-22-26-46-50(32-38)58-48-30-36(34-54)20-24-44(48)56(46)28-14-8-6-4-2/h9-12,15-26,29-32H,3-8,13-14,27-28H2,1-2H3. The molecule has 2 heterocycles. The van der Waals surface area contributed by atoms with E-state index < -0.39 is 0 Å². The Bertz CT molecular complexity index is 2530. The molecule has 0 aromatic heterocycles. The van der Waals surface area contributed by atoms with Crippen LogP contribution in [0.4, 0.5) is 22.7 Å². The highest BCUT2D eigenvalue weighted by Crippen LogP contribution is 2.53. The number of unbranched alkanes of at least 4 members (excludes halogenated alkanes) is 6. The van der Waals surface area contributed by atoms with E-state index in [4.69, 9.17) is 0 Å². The molecule has 0 saturated heterocycles. The molecule has 2 aliphatic heterocycles. The summed E-state index contributed by atoms with van der Waals surface area (Å²) in [5, 5.41) is 24.5. The molecule has 0 aliphatic carbocycles. The minimum absolute atomic E-state index is 0.695. The highest BCUT2D eigenvalue weighted by molar-refractivity contribution is 8.00. The maximum atomic E-state index is 9.79. The van der Waals surface area contributed by atoms with E-state index in [0.717, 1.165) is 35.7 Å². The Hall–Kier alpha value is -5.66. The van der Waals surface area contributed by atoms with Crippen LogP contribution in [0, 0.1) is 22.7 Å². The van der Waals surface area contributed by atoms with E-state index in [-0.39, 0.29) is 0 Å². The highest BCUT2D eigenvalue weighted by Gasteiger charge is 2.27. The van der Waals surface area contributed by atoms with Gasteiger partial charge in [-0.15, -0.1) is 0 Å². The monoisotopic (exact) mass is 790 g/mol. The molecule has 7 aromatic rings. The van der Waals surface area contributed by atoms with E-state index in [0.29, 0.717) is 11.1 Å². The van der Waals surface area contributed by atoms with Crippen molar-refractivity contribution in [1.29, 1.82) is 10.5 Å². The van der Waals surface area contributed by atoms with Gasteiger partial charge in [0.25, 0.3) is 0 Å². The Balaban J connectivity index is 1.16. The molecule has 4 nitrogen and oxygen atoms in total. The topological polar surface area (TPSA) is 54.1 Å². The predicted octanol–water partition coefficient (Wildman–Crippen LogP) is 15.4. The molecule has 0 amide bonds. The summed E-state index contributed by atoms with van der Waals surface area (Å²) in [5.41, 5.74) is 11.1. The van der Waals surface area contributed by atoms with E-state index in [1.54, 1.807) is 23.5 Å². The maximum absolute atomic E-state index is 9.79. The third-order valence-corrected chi connectivity index (χ3v) is 13.9. The summed E-state index contributed by atoms with van der Waals surface area (Å²) in [6.07, 6.45) is 9.57. The molecule has 0 fully saturated rings. The second-order valence-electron chi connectivity index (χ2n) is 15.4. The molecule has 0 radical (unpaired) electrons. The van der Waals surface area contributed by atoms with Crippen LogP contribution in [-0.4, -0.2) is 13.1 Å². The maximum Gasteiger partial charge on any atom is 0.0992 e. The molecule has 58 heavy (non-hydrogen) atoms. The lowest BCUT2D eigenvalue weighted by atomic mass is 9.86. The van der Waals surface area contributed by atoms with Gasteiger partial charge in [-0.2, -0.15) is 10.5 Å². The normalized spacial score (nSPS) is 12.8. The number of rotatable bonds is 12. The van der Waals surface area contributed by atoms with E-state index >= 15 is 0 Å². The number of benzene rings is 7. The summed E-state index contributed by atoms with van der Waals surface area (Å²) >= 11 is 3.56. The van der Waals surface area contributed by atoms with Gasteiger partial charge >= 0.3 is 0 Å². The zero-order chi connectivity index (χ0) is 39.6. The largest absolute Gasteiger partial charge is 0.340 e. The number of anilines is 4. The first-order chi connectivity index (χ1) is 28.6. The SMILES string of the molecule is CCCCCCN1c2ccc(C#N)cc2Sc2cc(-c3c4ccccc4c(-c4ccc5c(c4)Sc4cc(C#N)ccc4N5CCCCCC)c4ccccc34)ccc21. The van der Waals surface area contributed by atoms with Gasteiger partial charge in [0, 0.05) is 32.7 Å². The van der Waals surface area contributed by atoms with Gasteiger partial charge in [-0.1, -0.05) is 137 Å². The van der Waals surface area contributed by atoms with E-state index in [2.05, 4.69) is 145 Å². The van der Waals surface area contributed by atoms with Gasteiger partial charge in [0.15, 0.2) is 0 Å². The summed E-state index contributed by atoms with van der Waals surface area (Å²) in [4.78, 5) is 9.67. The molecule has 0 unspecified atom stereocenters. The van der Waals surface area contributed by atoms with Crippen LogP contribution in [0.5, 0.6) is 0 Å². The van der Waals surface area contributed by atoms with Crippen LogP contribution in [0.3, 0.4) is 0 Å². The van der Waals surface area contributed by atoms with Crippen LogP contribution < -0.4 is 9.80 Å². The van der Waals surface area contributed by atoms with Crippen LogP contribution in [0.1, 0.15) is 76.3 Å². The first-order valence-electron chi connectivity index (χ1n) is 20.8. The van der Waals surface area contributed by atoms with Gasteiger partial charge in [-0.25, -0.2) is 0 Å². The van der Waals surface area contributed by atoms with Gasteiger partial charge in [0.1, 0.15) is 0 Å². The van der Waals surface area contributed by atoms with E-state index in [1.165, 1.54) is 115 Å². The molecular weight excluding hydrogens is 745 g/mol. The van der Waals surface area contributed by atoms with Crippen molar-refractivity contribution in [3.05, 3.63) is 132 Å². The van der Waals surface area contributed by atoms with Crippen molar-refractivity contribution in [3.8, 4) is 34.4 Å². The molecule has 0 bridgehead atoms. The highest BCUT2D eigenvalue weighted by atomic mass is 32.2. The fourth-order valence-electron chi connectivity index (χ4n) is 8.85. The quantitative estimate of drug-likeness (QED) is 0.0907. The van der Waals surface area contributed by atoms with Gasteiger partial charge < -0.3 is 9.80 Å². The average molecular weight is 791 g/mol. The Morgan fingerprint density at radius 2 is 0.793 bits per heavy atom. The fourth-order valence-corrected chi connectivity index (χ4v) is 11.2. The number of fused-ring (bicyclic) bond motifs is 6. The van der Waals surface area contributed by atoms with Crippen molar-refractivity contribution >= 4 is 67.8 Å². The van der Waals surface area contributed by atoms with Crippen molar-refractivity contribution in [2.24, 2.45) is 0 Å². The van der Waals surface area contributed by atoms with Crippen LogP contribution in [0.2, 0.25) is 0 Å². The molecule has 0 atom stereocenters. The Morgan fingerprint density at radius 3 is 1.16 bits per heavy atom. The molecule has 7 aromatic carbocycles. The summed E-state index contributed by atoms with van der Waals surface area (Å²) in [5.74, 6) is 0. The molecule has 9 rings (SSSR count). The fraction of sp³-hybridized carbons (Fsp3) is 0.231. The number of hydrogen-bond acceptors (Lipinski definition) is 6. The zero-order valence-electron chi connectivity index (χ0n) is 33.2. The van der Waals surface area contributed by atoms with Crippen LogP contribution in [0.25, 0.3) is 43.8 Å². The third-order valence-electron chi connectivity index (χ3n) is 11.7. The lowest BCUT2D eigenvalue weighted by molar-refractivity contribution is 0.665. The Morgan fingerprint density at radius 1 is 0.431 bits per heavy atom. The van der Waals surface area contributed by atoms with Crippen molar-refractivity contribution < 1.29 is 0 Å². The van der Waals surface area contributed by atoms with E-state index in [9.17, 15) is 10.5 Å². The summed E-state index contributed by atoms with van der Waals surface area (Å²) in [7, 11) is 0. The van der Waals surface area contributed by atoms with Crippen LogP contribution in [0.15, 0.2) is 141 Å². The average Bonchev–Trinajstić information content (AvgIpc) is 3.26. The van der Waals surface area contributed by atoms with Gasteiger partial charge in [0.05, 0.1) is 46.0 Å². The lowest BCUT2D eigenvalue weighted by Gasteiger charge is -2.33. The van der Waals surface area contributed by atoms with Crippen LogP contribution in [-0.2, 0) is 0 Å². The number of nitrogens with zero attached hydrogens (tertiary/aromatic N) is 4. The second-order valence-corrected chi connectivity index (χ2v) is 17.6. The second kappa shape index (κ2) is 16.7. The molecule has 6 heteroatoms. The van der Waals surface area contributed by atoms with E-state index in [1.807, 2.05) is 12.1 Å². The molecular formula is C52H46N4S2. The Kier molecular flexibility index (Phi) is 10.9.